The SMILES string of the molecule is COc1cc([C@H]2CC(c3ccccc3OC(C)=O)=NN2C(C)=O)cc(OC)c1OC. The van der Waals surface area contributed by atoms with Crippen LogP contribution in [0.15, 0.2) is 41.5 Å². The summed E-state index contributed by atoms with van der Waals surface area (Å²) in [6.45, 7) is 2.79. The molecule has 1 atom stereocenters. The monoisotopic (exact) mass is 412 g/mol. The van der Waals surface area contributed by atoms with Gasteiger partial charge in [0.25, 0.3) is 0 Å². The van der Waals surface area contributed by atoms with Crippen molar-refractivity contribution in [3.05, 3.63) is 47.5 Å². The van der Waals surface area contributed by atoms with Gasteiger partial charge >= 0.3 is 5.97 Å². The maximum Gasteiger partial charge on any atom is 0.308 e. The maximum absolute atomic E-state index is 12.3. The molecule has 2 aromatic carbocycles. The Hall–Kier alpha value is -3.55. The fraction of sp³-hybridized carbons (Fsp3) is 0.318. The minimum absolute atomic E-state index is 0.214. The summed E-state index contributed by atoms with van der Waals surface area (Å²) in [6, 6.07) is 10.3. The van der Waals surface area contributed by atoms with E-state index in [1.165, 1.54) is 40.2 Å². The highest BCUT2D eigenvalue weighted by molar-refractivity contribution is 6.05. The number of hydrogen-bond acceptors (Lipinski definition) is 7. The Morgan fingerprint density at radius 1 is 0.967 bits per heavy atom. The summed E-state index contributed by atoms with van der Waals surface area (Å²) in [5.41, 5.74) is 2.08. The molecule has 0 bridgehead atoms. The molecule has 2 aromatic rings. The summed E-state index contributed by atoms with van der Waals surface area (Å²) >= 11 is 0. The molecule has 0 aliphatic carbocycles. The highest BCUT2D eigenvalue weighted by Gasteiger charge is 2.34. The van der Waals surface area contributed by atoms with Crippen LogP contribution in [0.4, 0.5) is 0 Å². The molecule has 0 N–H and O–H groups in total. The van der Waals surface area contributed by atoms with E-state index in [-0.39, 0.29) is 11.9 Å². The number of carbonyl (C=O) groups is 2. The van der Waals surface area contributed by atoms with Gasteiger partial charge in [0.05, 0.1) is 33.1 Å². The molecule has 0 fully saturated rings. The number of hydrogen-bond donors (Lipinski definition) is 0. The lowest BCUT2D eigenvalue weighted by molar-refractivity contribution is -0.132. The zero-order valence-corrected chi connectivity index (χ0v) is 17.6. The number of rotatable bonds is 6. The quantitative estimate of drug-likeness (QED) is 0.534. The molecule has 0 spiro atoms. The first-order valence-electron chi connectivity index (χ1n) is 9.34. The van der Waals surface area contributed by atoms with Gasteiger partial charge in [-0.1, -0.05) is 12.1 Å². The van der Waals surface area contributed by atoms with E-state index in [0.717, 1.165) is 5.56 Å². The van der Waals surface area contributed by atoms with Crippen molar-refractivity contribution in [2.24, 2.45) is 5.10 Å². The van der Waals surface area contributed by atoms with Crippen LogP contribution in [0.3, 0.4) is 0 Å². The third-order valence-electron chi connectivity index (χ3n) is 4.76. The van der Waals surface area contributed by atoms with E-state index < -0.39 is 5.97 Å². The van der Waals surface area contributed by atoms with E-state index in [9.17, 15) is 9.59 Å². The topological polar surface area (TPSA) is 86.7 Å². The molecule has 0 saturated heterocycles. The average Bonchev–Trinajstić information content (AvgIpc) is 3.18. The van der Waals surface area contributed by atoms with E-state index in [1.807, 2.05) is 12.1 Å². The van der Waals surface area contributed by atoms with Crippen LogP contribution >= 0.6 is 0 Å². The lowest BCUT2D eigenvalue weighted by Gasteiger charge is -2.22. The Kier molecular flexibility index (Phi) is 6.25. The molecule has 8 nitrogen and oxygen atoms in total. The number of carbonyl (C=O) groups excluding carboxylic acids is 2. The summed E-state index contributed by atoms with van der Waals surface area (Å²) in [5, 5.41) is 5.95. The zero-order chi connectivity index (χ0) is 21.8. The molecule has 1 aliphatic rings. The second kappa shape index (κ2) is 8.86. The number of hydrazone groups is 1. The van der Waals surface area contributed by atoms with E-state index in [1.54, 1.807) is 24.3 Å². The first kappa shape index (κ1) is 21.2. The van der Waals surface area contributed by atoms with E-state index in [2.05, 4.69) is 5.10 Å². The largest absolute Gasteiger partial charge is 0.493 e. The molecule has 1 heterocycles. The van der Waals surface area contributed by atoms with Crippen LogP contribution in [0.2, 0.25) is 0 Å². The summed E-state index contributed by atoms with van der Waals surface area (Å²) in [6.07, 6.45) is 0.427. The predicted octanol–water partition coefficient (Wildman–Crippen LogP) is 3.34. The van der Waals surface area contributed by atoms with Crippen LogP contribution < -0.4 is 18.9 Å². The third-order valence-corrected chi connectivity index (χ3v) is 4.76. The van der Waals surface area contributed by atoms with Crippen molar-refractivity contribution >= 4 is 17.6 Å². The van der Waals surface area contributed by atoms with Crippen molar-refractivity contribution < 1.29 is 28.5 Å². The van der Waals surface area contributed by atoms with Gasteiger partial charge in [0.2, 0.25) is 11.7 Å². The summed E-state index contributed by atoms with van der Waals surface area (Å²) in [5.74, 6) is 1.21. The molecule has 158 valence electrons. The Labute approximate surface area is 175 Å². The number of ether oxygens (including phenoxy) is 4. The number of methoxy groups -OCH3 is 3. The van der Waals surface area contributed by atoms with Gasteiger partial charge in [0, 0.05) is 25.8 Å². The van der Waals surface area contributed by atoms with E-state index >= 15 is 0 Å². The van der Waals surface area contributed by atoms with Crippen LogP contribution in [0.5, 0.6) is 23.0 Å². The Bertz CT molecular complexity index is 976. The molecule has 1 amide bonds. The molecule has 0 aromatic heterocycles. The smallest absolute Gasteiger partial charge is 0.308 e. The number of nitrogens with zero attached hydrogens (tertiary/aromatic N) is 2. The lowest BCUT2D eigenvalue weighted by atomic mass is 9.97. The van der Waals surface area contributed by atoms with Gasteiger partial charge in [-0.25, -0.2) is 5.01 Å². The number of para-hydroxylation sites is 1. The van der Waals surface area contributed by atoms with Gasteiger partial charge in [-0.15, -0.1) is 0 Å². The molecule has 1 aliphatic heterocycles. The van der Waals surface area contributed by atoms with Crippen molar-refractivity contribution in [2.75, 3.05) is 21.3 Å². The summed E-state index contributed by atoms with van der Waals surface area (Å²) < 4.78 is 21.6. The average molecular weight is 412 g/mol. The number of amides is 1. The summed E-state index contributed by atoms with van der Waals surface area (Å²) in [7, 11) is 4.61. The first-order valence-corrected chi connectivity index (χ1v) is 9.34. The van der Waals surface area contributed by atoms with Crippen LogP contribution in [-0.2, 0) is 9.59 Å². The van der Waals surface area contributed by atoms with E-state index in [4.69, 9.17) is 18.9 Å². The molecule has 3 rings (SSSR count). The molecule has 0 saturated carbocycles. The van der Waals surface area contributed by atoms with E-state index in [0.29, 0.717) is 40.7 Å². The first-order chi connectivity index (χ1) is 14.4. The van der Waals surface area contributed by atoms with Gasteiger partial charge in [-0.3, -0.25) is 9.59 Å². The molecular formula is C22H24N2O6. The van der Waals surface area contributed by atoms with Crippen molar-refractivity contribution in [3.8, 4) is 23.0 Å². The Morgan fingerprint density at radius 2 is 1.60 bits per heavy atom. The minimum atomic E-state index is -0.425. The predicted molar refractivity (Wildman–Crippen MR) is 110 cm³/mol. The third kappa shape index (κ3) is 4.07. The van der Waals surface area contributed by atoms with Crippen molar-refractivity contribution in [1.29, 1.82) is 0 Å². The van der Waals surface area contributed by atoms with Crippen LogP contribution in [0.25, 0.3) is 0 Å². The molecule has 30 heavy (non-hydrogen) atoms. The van der Waals surface area contributed by atoms with Crippen LogP contribution in [0.1, 0.15) is 37.4 Å². The van der Waals surface area contributed by atoms with Gasteiger partial charge in [-0.05, 0) is 29.8 Å². The fourth-order valence-electron chi connectivity index (χ4n) is 3.47. The fourth-order valence-corrected chi connectivity index (χ4v) is 3.47. The number of benzene rings is 2. The van der Waals surface area contributed by atoms with Crippen molar-refractivity contribution in [2.45, 2.75) is 26.3 Å². The summed E-state index contributed by atoms with van der Waals surface area (Å²) in [4.78, 5) is 23.8. The second-order valence-electron chi connectivity index (χ2n) is 6.68. The highest BCUT2D eigenvalue weighted by Crippen LogP contribution is 2.43. The maximum atomic E-state index is 12.3. The normalized spacial score (nSPS) is 15.4. The van der Waals surface area contributed by atoms with Crippen molar-refractivity contribution in [1.82, 2.24) is 5.01 Å². The van der Waals surface area contributed by atoms with Gasteiger partial charge in [-0.2, -0.15) is 5.10 Å². The Balaban J connectivity index is 2.04. The molecular weight excluding hydrogens is 388 g/mol. The highest BCUT2D eigenvalue weighted by atomic mass is 16.5. The minimum Gasteiger partial charge on any atom is -0.493 e. The zero-order valence-electron chi connectivity index (χ0n) is 17.6. The number of esters is 1. The molecule has 0 unspecified atom stereocenters. The van der Waals surface area contributed by atoms with Crippen molar-refractivity contribution in [3.63, 3.8) is 0 Å². The van der Waals surface area contributed by atoms with Gasteiger partial charge in [0.1, 0.15) is 5.75 Å². The lowest BCUT2D eigenvalue weighted by Crippen LogP contribution is -2.24. The van der Waals surface area contributed by atoms with Gasteiger partial charge in [0.15, 0.2) is 11.5 Å². The van der Waals surface area contributed by atoms with Crippen LogP contribution in [0, 0.1) is 0 Å². The Morgan fingerprint density at radius 3 is 2.13 bits per heavy atom. The molecule has 0 radical (unpaired) electrons. The standard InChI is InChI=1S/C22H24N2O6/c1-13(25)24-18(15-10-20(27-3)22(29-5)21(11-15)28-4)12-17(23-24)16-8-6-7-9-19(16)30-14(2)26/h6-11,18H,12H2,1-5H3/t18-/m1/s1. The van der Waals surface area contributed by atoms with Gasteiger partial charge < -0.3 is 18.9 Å². The second-order valence-corrected chi connectivity index (χ2v) is 6.68. The molecule has 8 heteroatoms. The van der Waals surface area contributed by atoms with Crippen LogP contribution in [-0.4, -0.2) is 43.9 Å².